The van der Waals surface area contributed by atoms with Crippen molar-refractivity contribution in [2.24, 2.45) is 0 Å². The fourth-order valence-electron chi connectivity index (χ4n) is 3.99. The van der Waals surface area contributed by atoms with Crippen molar-refractivity contribution in [3.63, 3.8) is 0 Å². The lowest BCUT2D eigenvalue weighted by molar-refractivity contribution is -0.141. The Bertz CT molecular complexity index is 1360. The highest BCUT2D eigenvalue weighted by molar-refractivity contribution is 5.99. The van der Waals surface area contributed by atoms with Crippen LogP contribution in [-0.4, -0.2) is 70.8 Å². The Hall–Kier alpha value is -4.53. The minimum atomic E-state index is -1.43. The van der Waals surface area contributed by atoms with Gasteiger partial charge in [0, 0.05) is 24.4 Å². The van der Waals surface area contributed by atoms with Crippen LogP contribution in [0.2, 0.25) is 0 Å². The number of fused-ring (bicyclic) bond motifs is 2. The molecular weight excluding hydrogens is 516 g/mol. The molecule has 4 rings (SSSR count). The van der Waals surface area contributed by atoms with Crippen LogP contribution in [0.5, 0.6) is 5.75 Å². The van der Waals surface area contributed by atoms with Crippen molar-refractivity contribution in [1.82, 2.24) is 14.8 Å². The highest BCUT2D eigenvalue weighted by Crippen LogP contribution is 2.30. The molecule has 2 aliphatic heterocycles. The number of carbonyl (C=O) groups excluding carboxylic acids is 3. The number of halogens is 2. The molecule has 0 aliphatic carbocycles. The first-order chi connectivity index (χ1) is 18.1. The molecule has 2 aromatic rings. The Morgan fingerprint density at radius 3 is 2.68 bits per heavy atom. The number of carboxylic acids is 1. The summed E-state index contributed by atoms with van der Waals surface area (Å²) in [5.41, 5.74) is -1.78. The number of aliphatic carboxylic acids is 1. The number of aromatic nitrogens is 1. The van der Waals surface area contributed by atoms with E-state index in [1.165, 1.54) is 9.47 Å². The van der Waals surface area contributed by atoms with Crippen molar-refractivity contribution in [1.29, 1.82) is 0 Å². The molecule has 1 fully saturated rings. The Labute approximate surface area is 212 Å². The van der Waals surface area contributed by atoms with Gasteiger partial charge in [-0.15, -0.1) is 0 Å². The summed E-state index contributed by atoms with van der Waals surface area (Å²) in [4.78, 5) is 62.8. The molecule has 3 heterocycles. The Kier molecular flexibility index (Phi) is 7.57. The molecule has 0 spiro atoms. The van der Waals surface area contributed by atoms with E-state index in [9.17, 15) is 32.8 Å². The average molecular weight is 537 g/mol. The van der Waals surface area contributed by atoms with Crippen LogP contribution >= 0.6 is 0 Å². The molecule has 0 bridgehead atoms. The van der Waals surface area contributed by atoms with Gasteiger partial charge in [0.2, 0.25) is 18.0 Å². The van der Waals surface area contributed by atoms with Gasteiger partial charge in [0.25, 0.3) is 11.8 Å². The lowest BCUT2D eigenvalue weighted by Crippen LogP contribution is -2.49. The van der Waals surface area contributed by atoms with Crippen LogP contribution in [-0.2, 0) is 32.1 Å². The van der Waals surface area contributed by atoms with Crippen LogP contribution < -0.4 is 15.5 Å². The van der Waals surface area contributed by atoms with Crippen molar-refractivity contribution < 1.29 is 52.0 Å². The minimum Gasteiger partial charge on any atom is -0.479 e. The molecule has 1 aromatic carbocycles. The summed E-state index contributed by atoms with van der Waals surface area (Å²) in [6, 6.07) is 2.46. The first-order valence-electron chi connectivity index (χ1n) is 11.1. The maximum atomic E-state index is 14.0. The van der Waals surface area contributed by atoms with E-state index in [2.05, 4.69) is 14.8 Å². The Balaban J connectivity index is 1.61. The third kappa shape index (κ3) is 5.41. The number of pyridine rings is 1. The van der Waals surface area contributed by atoms with Gasteiger partial charge >= 0.3 is 12.1 Å². The lowest BCUT2D eigenvalue weighted by Gasteiger charge is -2.34. The molecule has 15 heteroatoms. The zero-order chi connectivity index (χ0) is 27.6. The fourth-order valence-corrected chi connectivity index (χ4v) is 3.99. The normalized spacial score (nSPS) is 17.9. The lowest BCUT2D eigenvalue weighted by atomic mass is 10.1. The van der Waals surface area contributed by atoms with E-state index in [4.69, 9.17) is 14.6 Å². The van der Waals surface area contributed by atoms with E-state index >= 15 is 0 Å². The van der Waals surface area contributed by atoms with Crippen LogP contribution in [0.3, 0.4) is 0 Å². The zero-order valence-electron chi connectivity index (χ0n) is 19.8. The van der Waals surface area contributed by atoms with Gasteiger partial charge in [-0.25, -0.2) is 18.4 Å². The number of hydrogen-bond acceptors (Lipinski definition) is 9. The van der Waals surface area contributed by atoms with Crippen molar-refractivity contribution in [3.05, 3.63) is 63.1 Å². The summed E-state index contributed by atoms with van der Waals surface area (Å²) >= 11 is 0. The van der Waals surface area contributed by atoms with Crippen LogP contribution in [0, 0.1) is 11.6 Å². The molecule has 1 saturated heterocycles. The van der Waals surface area contributed by atoms with Gasteiger partial charge in [-0.05, 0) is 13.0 Å². The van der Waals surface area contributed by atoms with E-state index < -0.39 is 71.9 Å². The van der Waals surface area contributed by atoms with E-state index in [-0.39, 0.29) is 37.0 Å². The average Bonchev–Trinajstić information content (AvgIpc) is 3.23. The summed E-state index contributed by atoms with van der Waals surface area (Å²) < 4.78 is 48.2. The highest BCUT2D eigenvalue weighted by atomic mass is 19.1. The van der Waals surface area contributed by atoms with Gasteiger partial charge in [-0.1, -0.05) is 6.07 Å². The van der Waals surface area contributed by atoms with Crippen LogP contribution in [0.4, 0.5) is 13.6 Å². The number of hydrogen-bond donors (Lipinski definition) is 2. The second-order valence-electron chi connectivity index (χ2n) is 8.31. The number of ether oxygens (including phenoxy) is 4. The third-order valence-electron chi connectivity index (χ3n) is 5.74. The summed E-state index contributed by atoms with van der Waals surface area (Å²) in [7, 11) is 0. The van der Waals surface area contributed by atoms with Gasteiger partial charge in [0.05, 0.1) is 19.2 Å². The molecule has 0 unspecified atom stereocenters. The van der Waals surface area contributed by atoms with Gasteiger partial charge in [0.15, 0.2) is 18.5 Å². The predicted octanol–water partition coefficient (Wildman–Crippen LogP) is 0.831. The van der Waals surface area contributed by atoms with Crippen molar-refractivity contribution in [2.45, 2.75) is 32.3 Å². The van der Waals surface area contributed by atoms with Crippen LogP contribution in [0.25, 0.3) is 0 Å². The molecule has 2 atom stereocenters. The van der Waals surface area contributed by atoms with Crippen molar-refractivity contribution in [2.75, 3.05) is 20.0 Å². The molecule has 202 valence electrons. The topological polar surface area (TPSA) is 163 Å². The smallest absolute Gasteiger partial charge is 0.479 e. The molecule has 13 nitrogen and oxygen atoms in total. The van der Waals surface area contributed by atoms with E-state index in [0.29, 0.717) is 6.07 Å². The number of carboxylic acid groups (broad SMARTS) is 1. The summed E-state index contributed by atoms with van der Waals surface area (Å²) in [5, 5.41) is 10.9. The van der Waals surface area contributed by atoms with Crippen molar-refractivity contribution >= 4 is 23.9 Å². The van der Waals surface area contributed by atoms with Gasteiger partial charge in [0.1, 0.15) is 17.2 Å². The number of nitrogens with one attached hydrogen (secondary N) is 1. The maximum absolute atomic E-state index is 14.0. The quantitative estimate of drug-likeness (QED) is 0.364. The summed E-state index contributed by atoms with van der Waals surface area (Å²) in [5.74, 6) is -5.33. The molecule has 0 saturated carbocycles. The minimum absolute atomic E-state index is 0.0381. The first-order valence-corrected chi connectivity index (χ1v) is 11.1. The molecule has 38 heavy (non-hydrogen) atoms. The zero-order valence-corrected chi connectivity index (χ0v) is 19.8. The predicted molar refractivity (Wildman–Crippen MR) is 119 cm³/mol. The number of nitrogens with zero attached hydrogens (tertiary/aromatic N) is 2. The number of carbonyl (C=O) groups is 4. The second-order valence-corrected chi connectivity index (χ2v) is 8.31. The third-order valence-corrected chi connectivity index (χ3v) is 5.74. The number of amides is 2. The summed E-state index contributed by atoms with van der Waals surface area (Å²) in [6.07, 6.45) is -0.957. The highest BCUT2D eigenvalue weighted by Gasteiger charge is 2.43. The Morgan fingerprint density at radius 1 is 1.21 bits per heavy atom. The van der Waals surface area contributed by atoms with E-state index in [1.807, 2.05) is 0 Å². The monoisotopic (exact) mass is 537 g/mol. The SMILES string of the molecule is C[C@H]1CO[C@@H]2Cn3cc(C(=O)NCc4ccc(F)cc4F)c(=O)c(OCOC(=O)OCC(=O)O)c3C(=O)N12. The van der Waals surface area contributed by atoms with Crippen LogP contribution in [0.15, 0.2) is 29.2 Å². The Morgan fingerprint density at radius 2 is 1.97 bits per heavy atom. The van der Waals surface area contributed by atoms with Crippen LogP contribution in [0.1, 0.15) is 33.3 Å². The molecule has 1 aromatic heterocycles. The van der Waals surface area contributed by atoms with Gasteiger partial charge in [-0.2, -0.15) is 0 Å². The van der Waals surface area contributed by atoms with Gasteiger partial charge < -0.3 is 38.8 Å². The number of rotatable bonds is 8. The maximum Gasteiger partial charge on any atom is 0.511 e. The number of benzene rings is 1. The standard InChI is InChI=1S/C23H21F2N3O10/c1-11-8-35-16-7-27-6-14(21(32)26-5-12-2-3-13(24)4-15(12)25)19(31)20(18(27)22(33)28(11)16)37-10-38-23(34)36-9-17(29)30/h2-4,6,11,16H,5,7-10H2,1H3,(H,26,32)(H,29,30)/t11-,16+/m0/s1. The van der Waals surface area contributed by atoms with Crippen molar-refractivity contribution in [3.8, 4) is 5.75 Å². The van der Waals surface area contributed by atoms with E-state index in [1.54, 1.807) is 6.92 Å². The molecule has 0 radical (unpaired) electrons. The van der Waals surface area contributed by atoms with Gasteiger partial charge in [-0.3, -0.25) is 14.4 Å². The molecule has 2 aliphatic rings. The molecule has 2 amide bonds. The molecule has 2 N–H and O–H groups in total. The fraction of sp³-hybridized carbons (Fsp3) is 0.348. The second kappa shape index (κ2) is 10.8. The van der Waals surface area contributed by atoms with E-state index in [0.717, 1.165) is 18.3 Å². The summed E-state index contributed by atoms with van der Waals surface area (Å²) in [6.45, 7) is -0.291. The molecular formula is C23H21F2N3O10. The largest absolute Gasteiger partial charge is 0.511 e. The first kappa shape index (κ1) is 26.5.